The zero-order valence-corrected chi connectivity index (χ0v) is 33.0. The number of aliphatic hydroxyl groups is 8. The van der Waals surface area contributed by atoms with Crippen molar-refractivity contribution in [1.29, 1.82) is 0 Å². The van der Waals surface area contributed by atoms with E-state index in [0.717, 1.165) is 51.4 Å². The van der Waals surface area contributed by atoms with Crippen molar-refractivity contribution >= 4 is 6.29 Å². The first-order valence-corrected chi connectivity index (χ1v) is 20.4. The zero-order chi connectivity index (χ0) is 39.5. The molecule has 4 saturated carbocycles. The molecule has 2 heterocycles. The monoisotopic (exact) mass is 768 g/mol. The Morgan fingerprint density at radius 3 is 2.00 bits per heavy atom. The fraction of sp³-hybridized carbons (Fsp3) is 0.927. The van der Waals surface area contributed by atoms with Gasteiger partial charge in [0.1, 0.15) is 55.1 Å². The third-order valence-corrected chi connectivity index (χ3v) is 16.0. The molecule has 0 aromatic carbocycles. The number of aliphatic hydroxyl groups excluding tert-OH is 8. The molecule has 8 N–H and O–H groups in total. The third-order valence-electron chi connectivity index (χ3n) is 16.0. The summed E-state index contributed by atoms with van der Waals surface area (Å²) in [7, 11) is 0. The van der Waals surface area contributed by atoms with Gasteiger partial charge in [-0.1, -0.05) is 39.3 Å². The van der Waals surface area contributed by atoms with E-state index >= 15 is 0 Å². The van der Waals surface area contributed by atoms with E-state index in [1.807, 2.05) is 0 Å². The first kappa shape index (κ1) is 42.5. The minimum atomic E-state index is -1.77. The Morgan fingerprint density at radius 1 is 0.741 bits per heavy atom. The maximum absolute atomic E-state index is 13.7. The van der Waals surface area contributed by atoms with Crippen LogP contribution in [0, 0.1) is 45.3 Å². The van der Waals surface area contributed by atoms with Crippen molar-refractivity contribution in [1.82, 2.24) is 0 Å². The summed E-state index contributed by atoms with van der Waals surface area (Å²) in [6, 6.07) is 0. The molecule has 2 saturated heterocycles. The van der Waals surface area contributed by atoms with Crippen LogP contribution in [0.1, 0.15) is 106 Å². The number of rotatable bonds is 11. The number of allylic oxidation sites excluding steroid dienone is 2. The van der Waals surface area contributed by atoms with Crippen molar-refractivity contribution in [3.05, 3.63) is 11.6 Å². The summed E-state index contributed by atoms with van der Waals surface area (Å²) in [4.78, 5) is 13.7. The van der Waals surface area contributed by atoms with E-state index in [1.165, 1.54) is 11.9 Å². The number of carbonyl (C=O) groups is 1. The maximum atomic E-state index is 13.7. The quantitative estimate of drug-likeness (QED) is 0.0859. The molecule has 0 aromatic heterocycles. The Balaban J connectivity index is 1.22. The van der Waals surface area contributed by atoms with Gasteiger partial charge in [-0.2, -0.15) is 0 Å². The molecule has 54 heavy (non-hydrogen) atoms. The molecule has 0 aromatic rings. The van der Waals surface area contributed by atoms with E-state index in [-0.39, 0.29) is 34.7 Å². The number of carbonyl (C=O) groups excluding carboxylic acids is 1. The molecule has 0 spiro atoms. The van der Waals surface area contributed by atoms with Crippen molar-refractivity contribution in [2.45, 2.75) is 179 Å². The van der Waals surface area contributed by atoms with E-state index in [2.05, 4.69) is 47.6 Å². The Morgan fingerprint density at radius 2 is 1.37 bits per heavy atom. The summed E-state index contributed by atoms with van der Waals surface area (Å²) >= 11 is 0. The number of fused-ring (bicyclic) bond motifs is 5. The first-order valence-electron chi connectivity index (χ1n) is 20.4. The number of ether oxygens (including phenoxy) is 4. The van der Waals surface area contributed by atoms with Crippen molar-refractivity contribution < 1.29 is 64.6 Å². The summed E-state index contributed by atoms with van der Waals surface area (Å²) in [6.45, 7) is 11.9. The molecule has 0 bridgehead atoms. The highest BCUT2D eigenvalue weighted by atomic mass is 16.8. The summed E-state index contributed by atoms with van der Waals surface area (Å²) < 4.78 is 24.2. The van der Waals surface area contributed by atoms with Gasteiger partial charge in [-0.15, -0.1) is 0 Å². The lowest BCUT2D eigenvalue weighted by Gasteiger charge is -2.69. The predicted octanol–water partition coefficient (Wildman–Crippen LogP) is 1.97. The smallest absolute Gasteiger partial charge is 0.187 e. The summed E-state index contributed by atoms with van der Waals surface area (Å²) in [5.74, 6) is 0.782. The predicted molar refractivity (Wildman–Crippen MR) is 195 cm³/mol. The van der Waals surface area contributed by atoms with Crippen LogP contribution >= 0.6 is 0 Å². The lowest BCUT2D eigenvalue weighted by atomic mass is 9.35. The van der Waals surface area contributed by atoms with E-state index in [4.69, 9.17) is 18.9 Å². The second-order valence-electron chi connectivity index (χ2n) is 19.0. The Labute approximate surface area is 320 Å². The average Bonchev–Trinajstić information content (AvgIpc) is 3.49. The fourth-order valence-electron chi connectivity index (χ4n) is 12.8. The Kier molecular flexibility index (Phi) is 12.6. The topological polar surface area (TPSA) is 216 Å². The van der Waals surface area contributed by atoms with Gasteiger partial charge in [-0.05, 0) is 118 Å². The average molecular weight is 769 g/mol. The van der Waals surface area contributed by atoms with Gasteiger partial charge < -0.3 is 64.6 Å². The van der Waals surface area contributed by atoms with Gasteiger partial charge in [0, 0.05) is 5.41 Å². The fourth-order valence-corrected chi connectivity index (χ4v) is 12.8. The van der Waals surface area contributed by atoms with Crippen LogP contribution in [0.4, 0.5) is 0 Å². The van der Waals surface area contributed by atoms with Gasteiger partial charge in [-0.25, -0.2) is 0 Å². The van der Waals surface area contributed by atoms with Crippen LogP contribution in [0.5, 0.6) is 0 Å². The molecule has 0 unspecified atom stereocenters. The summed E-state index contributed by atoms with van der Waals surface area (Å²) in [5.41, 5.74) is 0.0237. The molecule has 2 aliphatic heterocycles. The first-order chi connectivity index (χ1) is 25.4. The van der Waals surface area contributed by atoms with Gasteiger partial charge >= 0.3 is 0 Å². The molecular formula is C41H68O13. The van der Waals surface area contributed by atoms with E-state index < -0.39 is 91.6 Å². The van der Waals surface area contributed by atoms with Gasteiger partial charge in [0.15, 0.2) is 12.6 Å². The van der Waals surface area contributed by atoms with Crippen molar-refractivity contribution in [2.24, 2.45) is 45.3 Å². The van der Waals surface area contributed by atoms with Crippen LogP contribution in [0.3, 0.4) is 0 Å². The van der Waals surface area contributed by atoms with Crippen molar-refractivity contribution in [3.8, 4) is 0 Å². The van der Waals surface area contributed by atoms with Crippen molar-refractivity contribution in [3.63, 3.8) is 0 Å². The zero-order valence-electron chi connectivity index (χ0n) is 33.0. The molecule has 310 valence electrons. The highest BCUT2D eigenvalue weighted by Crippen LogP contribution is 2.75. The Hall–Kier alpha value is -1.07. The highest BCUT2D eigenvalue weighted by molar-refractivity contribution is 5.62. The molecule has 19 atom stereocenters. The highest BCUT2D eigenvalue weighted by Gasteiger charge is 2.70. The molecule has 6 aliphatic rings. The van der Waals surface area contributed by atoms with Crippen LogP contribution in [-0.2, 0) is 23.7 Å². The summed E-state index contributed by atoms with van der Waals surface area (Å²) in [6.07, 6.45) is -4.24. The molecule has 0 radical (unpaired) electrons. The standard InChI is InChI=1S/C41H68O13/c1-21(2)8-7-9-24(45)22-12-15-39(5)23(22)10-11-28-40(39,6)16-13-27-38(3,4)29(14-17-41(27,28)20-44)53-37-35(33(49)31(47)26(19-43)52-37)54-36-34(50)32(48)30(46)25(18-42)51-36/h8,20,22-37,42-43,45-50H,7,9-19H2,1-6H3/t22-,23+,24-,25+,26+,27+,28-,29+,30+,31+,32-,33-,34+,35+,36-,37-,39+,40+,41-/m0/s1. The second kappa shape index (κ2) is 15.9. The lowest BCUT2D eigenvalue weighted by molar-refractivity contribution is -0.378. The minimum Gasteiger partial charge on any atom is -0.394 e. The Bertz CT molecular complexity index is 1340. The van der Waals surface area contributed by atoms with Crippen LogP contribution in [0.15, 0.2) is 11.6 Å². The molecule has 0 amide bonds. The number of hydrogen-bond acceptors (Lipinski definition) is 13. The largest absolute Gasteiger partial charge is 0.394 e. The molecule has 6 fully saturated rings. The van der Waals surface area contributed by atoms with Crippen LogP contribution in [-0.4, -0.2) is 134 Å². The number of hydrogen-bond donors (Lipinski definition) is 8. The van der Waals surface area contributed by atoms with E-state index in [9.17, 15) is 45.6 Å². The molecular weight excluding hydrogens is 700 g/mol. The van der Waals surface area contributed by atoms with Gasteiger partial charge in [0.25, 0.3) is 0 Å². The lowest BCUT2D eigenvalue weighted by Crippen LogP contribution is -2.67. The number of aldehydes is 1. The summed E-state index contributed by atoms with van der Waals surface area (Å²) in [5, 5.41) is 84.6. The minimum absolute atomic E-state index is 0.00225. The molecule has 13 heteroatoms. The van der Waals surface area contributed by atoms with Crippen molar-refractivity contribution in [2.75, 3.05) is 13.2 Å². The van der Waals surface area contributed by atoms with E-state index in [1.54, 1.807) is 0 Å². The molecule has 13 nitrogen and oxygen atoms in total. The van der Waals surface area contributed by atoms with Crippen LogP contribution in [0.2, 0.25) is 0 Å². The molecule has 6 rings (SSSR count). The van der Waals surface area contributed by atoms with Gasteiger partial charge in [0.05, 0.1) is 25.4 Å². The van der Waals surface area contributed by atoms with Crippen LogP contribution < -0.4 is 0 Å². The van der Waals surface area contributed by atoms with E-state index in [0.29, 0.717) is 18.8 Å². The third kappa shape index (κ3) is 6.87. The normalized spacial score (nSPS) is 50.7. The molecule has 4 aliphatic carbocycles. The second-order valence-corrected chi connectivity index (χ2v) is 19.0. The van der Waals surface area contributed by atoms with Gasteiger partial charge in [0.2, 0.25) is 0 Å². The maximum Gasteiger partial charge on any atom is 0.187 e. The SMILES string of the molecule is CC(C)=CCC[C@H](O)[C@H]1CC[C@]2(C)[C@@H]1CC[C@@H]1[C@]3(C=O)CC[C@@H](O[C@@H]4O[C@H](CO)[C@@H](O)[C@H](O)[C@H]4O[C@@H]4O[C@H](CO)[C@@H](O)[C@H](O)[C@H]4O)C(C)(C)[C@H]3CC[C@]12C. The van der Waals surface area contributed by atoms with Crippen LogP contribution in [0.25, 0.3) is 0 Å². The van der Waals surface area contributed by atoms with Gasteiger partial charge in [-0.3, -0.25) is 0 Å².